The van der Waals surface area contributed by atoms with E-state index >= 15 is 0 Å². The molecule has 0 spiro atoms. The van der Waals surface area contributed by atoms with E-state index in [-0.39, 0.29) is 0 Å². The van der Waals surface area contributed by atoms with Crippen molar-refractivity contribution in [2.75, 3.05) is 13.2 Å². The molecule has 3 heteroatoms. The average molecular weight is 363 g/mol. The molecule has 0 saturated carbocycles. The van der Waals surface area contributed by atoms with Gasteiger partial charge in [0.1, 0.15) is 11.5 Å². The Balaban J connectivity index is 1.92. The maximum Gasteiger partial charge on any atom is 0.122 e. The first-order valence-corrected chi connectivity index (χ1v) is 10.0. The van der Waals surface area contributed by atoms with Gasteiger partial charge in [-0.3, -0.25) is 0 Å². The Morgan fingerprint density at radius 1 is 0.960 bits per heavy atom. The summed E-state index contributed by atoms with van der Waals surface area (Å²) in [5, 5.41) is 2.73. The second-order valence-electron chi connectivity index (χ2n) is 6.62. The maximum absolute atomic E-state index is 6.14. The van der Waals surface area contributed by atoms with Crippen molar-refractivity contribution >= 4 is 22.4 Å². The standard InChI is InChI=1S/C22H31ClO2/c1-4-6-14-25-22-13-10-18-16-20(11-12-21(18)17(22)3)24-15-8-7-9-19(23)5-2/h10-13,16,19H,4-9,14-15H2,1-3H3. The van der Waals surface area contributed by atoms with Crippen molar-refractivity contribution in [2.24, 2.45) is 0 Å². The van der Waals surface area contributed by atoms with E-state index in [1.165, 1.54) is 16.3 Å². The molecule has 2 aromatic carbocycles. The van der Waals surface area contributed by atoms with Crippen molar-refractivity contribution in [1.29, 1.82) is 0 Å². The van der Waals surface area contributed by atoms with Crippen molar-refractivity contribution in [3.05, 3.63) is 35.9 Å². The van der Waals surface area contributed by atoms with E-state index in [1.54, 1.807) is 0 Å². The van der Waals surface area contributed by atoms with Gasteiger partial charge in [0.25, 0.3) is 0 Å². The Kier molecular flexibility index (Phi) is 8.40. The van der Waals surface area contributed by atoms with Gasteiger partial charge in [0.2, 0.25) is 0 Å². The van der Waals surface area contributed by atoms with E-state index in [1.807, 2.05) is 0 Å². The third-order valence-corrected chi connectivity index (χ3v) is 5.12. The van der Waals surface area contributed by atoms with Gasteiger partial charge >= 0.3 is 0 Å². The molecule has 0 amide bonds. The molecule has 138 valence electrons. The summed E-state index contributed by atoms with van der Waals surface area (Å²) >= 11 is 6.14. The number of fused-ring (bicyclic) bond motifs is 1. The number of hydrogen-bond donors (Lipinski definition) is 0. The van der Waals surface area contributed by atoms with Gasteiger partial charge in [-0.1, -0.05) is 32.4 Å². The van der Waals surface area contributed by atoms with Gasteiger partial charge in [-0.05, 0) is 73.6 Å². The molecule has 0 saturated heterocycles. The van der Waals surface area contributed by atoms with Gasteiger partial charge in [-0.2, -0.15) is 0 Å². The van der Waals surface area contributed by atoms with Crippen molar-refractivity contribution in [3.63, 3.8) is 0 Å². The Labute approximate surface area is 157 Å². The third-order valence-electron chi connectivity index (χ3n) is 4.59. The first-order valence-electron chi connectivity index (χ1n) is 9.58. The van der Waals surface area contributed by atoms with E-state index < -0.39 is 0 Å². The first-order chi connectivity index (χ1) is 12.2. The molecule has 0 aliphatic carbocycles. The van der Waals surface area contributed by atoms with Crippen LogP contribution in [0.4, 0.5) is 0 Å². The van der Waals surface area contributed by atoms with Crippen LogP contribution in [-0.2, 0) is 0 Å². The minimum absolute atomic E-state index is 0.303. The lowest BCUT2D eigenvalue weighted by molar-refractivity contribution is 0.305. The second-order valence-corrected chi connectivity index (χ2v) is 7.24. The molecule has 0 bridgehead atoms. The number of rotatable bonds is 11. The summed E-state index contributed by atoms with van der Waals surface area (Å²) in [7, 11) is 0. The molecule has 1 unspecified atom stereocenters. The topological polar surface area (TPSA) is 18.5 Å². The molecule has 25 heavy (non-hydrogen) atoms. The summed E-state index contributed by atoms with van der Waals surface area (Å²) in [6.07, 6.45) is 6.51. The Morgan fingerprint density at radius 2 is 1.76 bits per heavy atom. The molecular formula is C22H31ClO2. The minimum atomic E-state index is 0.303. The zero-order chi connectivity index (χ0) is 18.1. The highest BCUT2D eigenvalue weighted by atomic mass is 35.5. The third kappa shape index (κ3) is 6.11. The van der Waals surface area contributed by atoms with Crippen molar-refractivity contribution in [3.8, 4) is 11.5 Å². The predicted octanol–water partition coefficient (Wildman–Crippen LogP) is 6.89. The summed E-state index contributed by atoms with van der Waals surface area (Å²) in [5.41, 5.74) is 1.20. The summed E-state index contributed by atoms with van der Waals surface area (Å²) in [6, 6.07) is 10.5. The van der Waals surface area contributed by atoms with Crippen LogP contribution in [0.5, 0.6) is 11.5 Å². The van der Waals surface area contributed by atoms with Crippen LogP contribution in [0.1, 0.15) is 57.9 Å². The SMILES string of the molecule is CCCCOc1ccc2cc(OCCCCC(Cl)CC)ccc2c1C. The van der Waals surface area contributed by atoms with E-state index in [0.29, 0.717) is 5.38 Å². The summed E-state index contributed by atoms with van der Waals surface area (Å²) < 4.78 is 11.8. The lowest BCUT2D eigenvalue weighted by Crippen LogP contribution is -2.01. The second kappa shape index (κ2) is 10.6. The molecular weight excluding hydrogens is 332 g/mol. The van der Waals surface area contributed by atoms with E-state index in [4.69, 9.17) is 21.1 Å². The average Bonchev–Trinajstić information content (AvgIpc) is 2.63. The van der Waals surface area contributed by atoms with Gasteiger partial charge in [-0.25, -0.2) is 0 Å². The van der Waals surface area contributed by atoms with Gasteiger partial charge in [0.15, 0.2) is 0 Å². The van der Waals surface area contributed by atoms with Crippen LogP contribution in [0.15, 0.2) is 30.3 Å². The van der Waals surface area contributed by atoms with Crippen molar-refractivity contribution in [1.82, 2.24) is 0 Å². The molecule has 0 radical (unpaired) electrons. The van der Waals surface area contributed by atoms with Gasteiger partial charge in [0.05, 0.1) is 13.2 Å². The Hall–Kier alpha value is -1.41. The summed E-state index contributed by atoms with van der Waals surface area (Å²) in [4.78, 5) is 0. The highest BCUT2D eigenvalue weighted by Crippen LogP contribution is 2.30. The van der Waals surface area contributed by atoms with E-state index in [2.05, 4.69) is 51.1 Å². The molecule has 0 aromatic heterocycles. The molecule has 0 heterocycles. The van der Waals surface area contributed by atoms with Crippen LogP contribution in [0.3, 0.4) is 0 Å². The fourth-order valence-electron chi connectivity index (χ4n) is 2.88. The molecule has 2 rings (SSSR count). The first kappa shape index (κ1) is 19.9. The normalized spacial score (nSPS) is 12.3. The van der Waals surface area contributed by atoms with Crippen LogP contribution in [0.2, 0.25) is 0 Å². The van der Waals surface area contributed by atoms with Crippen LogP contribution >= 0.6 is 11.6 Å². The van der Waals surface area contributed by atoms with Gasteiger partial charge < -0.3 is 9.47 Å². The molecule has 0 aliphatic rings. The van der Waals surface area contributed by atoms with Crippen LogP contribution in [0.25, 0.3) is 10.8 Å². The quantitative estimate of drug-likeness (QED) is 0.320. The predicted molar refractivity (Wildman–Crippen MR) is 108 cm³/mol. The van der Waals surface area contributed by atoms with Crippen LogP contribution < -0.4 is 9.47 Å². The van der Waals surface area contributed by atoms with Crippen LogP contribution in [0, 0.1) is 6.92 Å². The highest BCUT2D eigenvalue weighted by molar-refractivity contribution is 6.20. The molecule has 2 aromatic rings. The van der Waals surface area contributed by atoms with Gasteiger partial charge in [0, 0.05) is 5.38 Å². The largest absolute Gasteiger partial charge is 0.494 e. The van der Waals surface area contributed by atoms with E-state index in [0.717, 1.165) is 63.2 Å². The summed E-state index contributed by atoms with van der Waals surface area (Å²) in [6.45, 7) is 7.96. The molecule has 0 N–H and O–H groups in total. The molecule has 1 atom stereocenters. The number of aryl methyl sites for hydroxylation is 1. The zero-order valence-corrected chi connectivity index (χ0v) is 16.6. The van der Waals surface area contributed by atoms with Crippen LogP contribution in [-0.4, -0.2) is 18.6 Å². The number of unbranched alkanes of at least 4 members (excludes halogenated alkanes) is 2. The van der Waals surface area contributed by atoms with E-state index in [9.17, 15) is 0 Å². The lowest BCUT2D eigenvalue weighted by Gasteiger charge is -2.13. The minimum Gasteiger partial charge on any atom is -0.494 e. The van der Waals surface area contributed by atoms with Gasteiger partial charge in [-0.15, -0.1) is 11.6 Å². The maximum atomic E-state index is 6.14. The smallest absolute Gasteiger partial charge is 0.122 e. The highest BCUT2D eigenvalue weighted by Gasteiger charge is 2.06. The van der Waals surface area contributed by atoms with Crippen molar-refractivity contribution in [2.45, 2.75) is 64.7 Å². The number of benzene rings is 2. The lowest BCUT2D eigenvalue weighted by atomic mass is 10.0. The number of hydrogen-bond acceptors (Lipinski definition) is 2. The number of ether oxygens (including phenoxy) is 2. The fourth-order valence-corrected chi connectivity index (χ4v) is 3.03. The summed E-state index contributed by atoms with van der Waals surface area (Å²) in [5.74, 6) is 1.92. The fraction of sp³-hybridized carbons (Fsp3) is 0.545. The molecule has 0 aliphatic heterocycles. The van der Waals surface area contributed by atoms with Crippen molar-refractivity contribution < 1.29 is 9.47 Å². The molecule has 0 fully saturated rings. The Morgan fingerprint density at radius 3 is 2.52 bits per heavy atom. The Bertz CT molecular complexity index is 654. The monoisotopic (exact) mass is 362 g/mol. The zero-order valence-electron chi connectivity index (χ0n) is 15.8. The number of halogens is 1. The number of alkyl halides is 1. The molecule has 2 nitrogen and oxygen atoms in total.